The number of hydrogen-bond acceptors (Lipinski definition) is 4. The molecule has 1 aliphatic heterocycles. The van der Waals surface area contributed by atoms with Crippen LogP contribution in [0.3, 0.4) is 0 Å². The van der Waals surface area contributed by atoms with Crippen molar-refractivity contribution in [1.82, 2.24) is 19.8 Å². The van der Waals surface area contributed by atoms with Gasteiger partial charge in [-0.15, -0.1) is 0 Å². The lowest BCUT2D eigenvalue weighted by molar-refractivity contribution is 0.0777. The number of nitrogens with zero attached hydrogens (tertiary/aromatic N) is 3. The number of rotatable bonds is 4. The molecule has 2 amide bonds. The Bertz CT molecular complexity index is 934. The molecule has 2 fully saturated rings. The molecule has 2 aromatic heterocycles. The van der Waals surface area contributed by atoms with E-state index in [1.165, 1.54) is 6.07 Å². The molecular weight excluding hydrogens is 344 g/mol. The van der Waals surface area contributed by atoms with Crippen molar-refractivity contribution in [1.29, 1.82) is 0 Å². The average Bonchev–Trinajstić information content (AvgIpc) is 3.40. The van der Waals surface area contributed by atoms with Gasteiger partial charge in [-0.1, -0.05) is 6.07 Å². The van der Waals surface area contributed by atoms with Crippen molar-refractivity contribution in [2.75, 3.05) is 13.1 Å². The van der Waals surface area contributed by atoms with E-state index in [1.54, 1.807) is 35.5 Å². The van der Waals surface area contributed by atoms with E-state index < -0.39 is 0 Å². The smallest absolute Gasteiger partial charge is 0.272 e. The van der Waals surface area contributed by atoms with E-state index in [0.29, 0.717) is 31.2 Å². The summed E-state index contributed by atoms with van der Waals surface area (Å²) in [4.78, 5) is 43.1. The SMILES string of the molecule is Cc1cc(=O)c(C(=O)NC2CCN(C(=O)c3ccccn3)C2)cn1C1CC1. The first-order chi connectivity index (χ1) is 13.0. The number of carbonyl (C=O) groups excluding carboxylic acids is 2. The molecule has 1 atom stereocenters. The van der Waals surface area contributed by atoms with Crippen LogP contribution in [0, 0.1) is 6.92 Å². The van der Waals surface area contributed by atoms with Gasteiger partial charge in [0.25, 0.3) is 11.8 Å². The minimum Gasteiger partial charge on any atom is -0.348 e. The van der Waals surface area contributed by atoms with Gasteiger partial charge < -0.3 is 14.8 Å². The van der Waals surface area contributed by atoms with Crippen LogP contribution in [0.1, 0.15) is 51.8 Å². The summed E-state index contributed by atoms with van der Waals surface area (Å²) in [5, 5.41) is 2.91. The Balaban J connectivity index is 1.43. The molecule has 2 aliphatic rings. The van der Waals surface area contributed by atoms with Crippen LogP contribution in [0.2, 0.25) is 0 Å². The van der Waals surface area contributed by atoms with Crippen LogP contribution in [0.5, 0.6) is 0 Å². The zero-order valence-electron chi connectivity index (χ0n) is 15.2. The summed E-state index contributed by atoms with van der Waals surface area (Å²) in [6.45, 7) is 2.86. The van der Waals surface area contributed by atoms with Crippen LogP contribution in [-0.2, 0) is 0 Å². The predicted molar refractivity (Wildman–Crippen MR) is 99.7 cm³/mol. The number of hydrogen-bond donors (Lipinski definition) is 1. The summed E-state index contributed by atoms with van der Waals surface area (Å²) < 4.78 is 2.02. The molecule has 140 valence electrons. The van der Waals surface area contributed by atoms with Crippen molar-refractivity contribution in [3.05, 3.63) is 63.8 Å². The topological polar surface area (TPSA) is 84.3 Å². The maximum Gasteiger partial charge on any atom is 0.272 e. The number of carbonyl (C=O) groups is 2. The maximum atomic E-state index is 12.6. The molecule has 1 saturated heterocycles. The number of pyridine rings is 2. The quantitative estimate of drug-likeness (QED) is 0.889. The van der Waals surface area contributed by atoms with Gasteiger partial charge in [0.1, 0.15) is 11.3 Å². The molecule has 1 saturated carbocycles. The van der Waals surface area contributed by atoms with E-state index >= 15 is 0 Å². The van der Waals surface area contributed by atoms with Crippen LogP contribution >= 0.6 is 0 Å². The van der Waals surface area contributed by atoms with Crippen molar-refractivity contribution >= 4 is 11.8 Å². The summed E-state index contributed by atoms with van der Waals surface area (Å²) in [5.74, 6) is -0.509. The Morgan fingerprint density at radius 3 is 2.74 bits per heavy atom. The highest BCUT2D eigenvalue weighted by atomic mass is 16.2. The second-order valence-electron chi connectivity index (χ2n) is 7.26. The molecule has 27 heavy (non-hydrogen) atoms. The minimum absolute atomic E-state index is 0.140. The molecule has 1 N–H and O–H groups in total. The monoisotopic (exact) mass is 366 g/mol. The van der Waals surface area contributed by atoms with Crippen LogP contribution in [-0.4, -0.2) is 45.4 Å². The standard InChI is InChI=1S/C20H22N4O3/c1-13-10-18(25)16(12-24(13)15-5-6-15)19(26)22-14-7-9-23(11-14)20(27)17-4-2-3-8-21-17/h2-4,8,10,12,14-15H,5-7,9,11H2,1H3,(H,22,26). The molecule has 4 rings (SSSR count). The Hall–Kier alpha value is -2.96. The Labute approximate surface area is 157 Å². The van der Waals surface area contributed by atoms with Gasteiger partial charge in [-0.25, -0.2) is 0 Å². The molecular formula is C20H22N4O3. The van der Waals surface area contributed by atoms with E-state index in [-0.39, 0.29) is 28.8 Å². The third-order valence-corrected chi connectivity index (χ3v) is 5.16. The van der Waals surface area contributed by atoms with Crippen molar-refractivity contribution in [3.8, 4) is 0 Å². The zero-order valence-corrected chi connectivity index (χ0v) is 15.2. The van der Waals surface area contributed by atoms with E-state index in [4.69, 9.17) is 0 Å². The minimum atomic E-state index is -0.369. The highest BCUT2D eigenvalue weighted by Gasteiger charge is 2.30. The van der Waals surface area contributed by atoms with Gasteiger partial charge >= 0.3 is 0 Å². The van der Waals surface area contributed by atoms with Crippen LogP contribution in [0.4, 0.5) is 0 Å². The molecule has 3 heterocycles. The normalized spacial score (nSPS) is 19.1. The maximum absolute atomic E-state index is 12.6. The molecule has 1 unspecified atom stereocenters. The van der Waals surface area contributed by atoms with Crippen molar-refractivity contribution < 1.29 is 9.59 Å². The predicted octanol–water partition coefficient (Wildman–Crippen LogP) is 1.53. The van der Waals surface area contributed by atoms with E-state index in [0.717, 1.165) is 18.5 Å². The van der Waals surface area contributed by atoms with Gasteiger partial charge in [0.2, 0.25) is 0 Å². The highest BCUT2D eigenvalue weighted by molar-refractivity contribution is 5.94. The molecule has 0 aromatic carbocycles. The van der Waals surface area contributed by atoms with Gasteiger partial charge in [0, 0.05) is 49.3 Å². The number of amides is 2. The summed E-state index contributed by atoms with van der Waals surface area (Å²) in [7, 11) is 0. The summed E-state index contributed by atoms with van der Waals surface area (Å²) >= 11 is 0. The number of nitrogens with one attached hydrogen (secondary N) is 1. The lowest BCUT2D eigenvalue weighted by Crippen LogP contribution is -2.40. The van der Waals surface area contributed by atoms with Crippen molar-refractivity contribution in [2.24, 2.45) is 0 Å². The second-order valence-corrected chi connectivity index (χ2v) is 7.26. The molecule has 2 aromatic rings. The fourth-order valence-electron chi connectivity index (χ4n) is 3.54. The third kappa shape index (κ3) is 3.63. The van der Waals surface area contributed by atoms with Gasteiger partial charge in [-0.05, 0) is 38.3 Å². The van der Waals surface area contributed by atoms with E-state index in [9.17, 15) is 14.4 Å². The fourth-order valence-corrected chi connectivity index (χ4v) is 3.54. The number of aromatic nitrogens is 2. The van der Waals surface area contributed by atoms with Gasteiger partial charge in [0.05, 0.1) is 0 Å². The van der Waals surface area contributed by atoms with Crippen molar-refractivity contribution in [3.63, 3.8) is 0 Å². The Morgan fingerprint density at radius 2 is 2.04 bits per heavy atom. The first-order valence-corrected chi connectivity index (χ1v) is 9.27. The highest BCUT2D eigenvalue weighted by Crippen LogP contribution is 2.35. The molecule has 0 bridgehead atoms. The molecule has 0 spiro atoms. The van der Waals surface area contributed by atoms with Crippen LogP contribution in [0.25, 0.3) is 0 Å². The van der Waals surface area contributed by atoms with E-state index in [1.807, 2.05) is 11.5 Å². The largest absolute Gasteiger partial charge is 0.348 e. The fraction of sp³-hybridized carbons (Fsp3) is 0.400. The lowest BCUT2D eigenvalue weighted by Gasteiger charge is -2.17. The Morgan fingerprint density at radius 1 is 1.22 bits per heavy atom. The molecule has 7 heteroatoms. The summed E-state index contributed by atoms with van der Waals surface area (Å²) in [5.41, 5.74) is 1.19. The summed E-state index contributed by atoms with van der Waals surface area (Å²) in [6, 6.07) is 6.98. The summed E-state index contributed by atoms with van der Waals surface area (Å²) in [6.07, 6.45) is 6.09. The van der Waals surface area contributed by atoms with Crippen molar-refractivity contribution in [2.45, 2.75) is 38.3 Å². The first-order valence-electron chi connectivity index (χ1n) is 9.27. The zero-order chi connectivity index (χ0) is 19.0. The second kappa shape index (κ2) is 6.98. The van der Waals surface area contributed by atoms with Gasteiger partial charge in [-0.3, -0.25) is 19.4 Å². The Kier molecular flexibility index (Phi) is 4.51. The van der Waals surface area contributed by atoms with Crippen LogP contribution < -0.4 is 10.7 Å². The first kappa shape index (κ1) is 17.5. The molecule has 7 nitrogen and oxygen atoms in total. The van der Waals surface area contributed by atoms with Gasteiger partial charge in [-0.2, -0.15) is 0 Å². The lowest BCUT2D eigenvalue weighted by atomic mass is 10.2. The van der Waals surface area contributed by atoms with Gasteiger partial charge in [0.15, 0.2) is 5.43 Å². The number of aryl methyl sites for hydroxylation is 1. The molecule has 0 radical (unpaired) electrons. The third-order valence-electron chi connectivity index (χ3n) is 5.16. The van der Waals surface area contributed by atoms with Crippen LogP contribution in [0.15, 0.2) is 41.5 Å². The molecule has 1 aliphatic carbocycles. The van der Waals surface area contributed by atoms with E-state index in [2.05, 4.69) is 10.3 Å². The number of likely N-dealkylation sites (tertiary alicyclic amines) is 1. The average molecular weight is 366 g/mol.